The number of ether oxygens (including phenoxy) is 3. The molecular weight excluding hydrogens is 1280 g/mol. The maximum absolute atomic E-state index is 12.7. The SMILES string of the molecule is CCCCc1nc(Cl)c(/C=N\O)n1Cc1ccc(-c2ccccc2C(=O)OC(C)(C)C)cc1.CCCCc1nc(Cl)c(C=O)n1Cc1ccc(-c2ccccc2C(=O)OC(C)(C)C)cc1.CCCCc1nc(Cl)c(CN)n1Cc1ccc(-c2ccccc2C(=O)OC(C)(C)C)cc1. The molecule has 0 aliphatic carbocycles. The second-order valence-electron chi connectivity index (χ2n) is 26.5. The van der Waals surface area contributed by atoms with Crippen LogP contribution in [0.3, 0.4) is 0 Å². The average molecular weight is 1370 g/mol. The quantitative estimate of drug-likeness (QED) is 0.0145. The van der Waals surface area contributed by atoms with E-state index in [1.54, 1.807) is 18.2 Å². The second kappa shape index (κ2) is 35.0. The number of benzene rings is 6. The van der Waals surface area contributed by atoms with Crippen LogP contribution >= 0.6 is 34.8 Å². The molecule has 0 radical (unpaired) electrons. The zero-order valence-corrected chi connectivity index (χ0v) is 60.1. The van der Waals surface area contributed by atoms with Crippen molar-refractivity contribution in [3.63, 3.8) is 0 Å². The topological polar surface area (TPSA) is 208 Å². The highest BCUT2D eigenvalue weighted by Crippen LogP contribution is 2.32. The van der Waals surface area contributed by atoms with E-state index in [0.717, 1.165) is 137 Å². The molecule has 9 aromatic rings. The Morgan fingerprint density at radius 1 is 0.464 bits per heavy atom. The lowest BCUT2D eigenvalue weighted by atomic mass is 9.98. The van der Waals surface area contributed by atoms with Gasteiger partial charge in [0.05, 0.1) is 28.6 Å². The molecule has 0 aliphatic rings. The van der Waals surface area contributed by atoms with Gasteiger partial charge in [-0.05, 0) is 150 Å². The summed E-state index contributed by atoms with van der Waals surface area (Å²) >= 11 is 18.8. The van der Waals surface area contributed by atoms with E-state index in [1.165, 1.54) is 6.21 Å². The maximum Gasteiger partial charge on any atom is 0.339 e. The second-order valence-corrected chi connectivity index (χ2v) is 27.6. The van der Waals surface area contributed by atoms with E-state index in [0.29, 0.717) is 64.6 Å². The number of carbonyl (C=O) groups excluding carboxylic acids is 4. The Morgan fingerprint density at radius 3 is 1.07 bits per heavy atom. The number of esters is 3. The Kier molecular flexibility index (Phi) is 27.3. The summed E-state index contributed by atoms with van der Waals surface area (Å²) in [5.74, 6) is 1.63. The molecule has 0 unspecified atom stereocenters. The molecule has 3 aromatic heterocycles. The number of aryl methyl sites for hydroxylation is 3. The van der Waals surface area contributed by atoms with Gasteiger partial charge in [-0.25, -0.2) is 29.3 Å². The van der Waals surface area contributed by atoms with E-state index in [2.05, 4.69) is 57.6 Å². The number of hydrogen-bond acceptors (Lipinski definition) is 13. The van der Waals surface area contributed by atoms with Crippen LogP contribution in [-0.2, 0) is 59.7 Å². The first-order chi connectivity index (χ1) is 46.2. The number of imidazole rings is 3. The van der Waals surface area contributed by atoms with Crippen molar-refractivity contribution in [2.75, 3.05) is 0 Å². The molecule has 19 heteroatoms. The van der Waals surface area contributed by atoms with Crippen molar-refractivity contribution in [2.45, 2.75) is 184 Å². The summed E-state index contributed by atoms with van der Waals surface area (Å²) in [4.78, 5) is 63.1. The van der Waals surface area contributed by atoms with Gasteiger partial charge in [0.25, 0.3) is 0 Å². The van der Waals surface area contributed by atoms with Gasteiger partial charge in [-0.2, -0.15) is 0 Å². The number of halogens is 3. The van der Waals surface area contributed by atoms with Crippen LogP contribution in [0.5, 0.6) is 0 Å². The predicted molar refractivity (Wildman–Crippen MR) is 389 cm³/mol. The van der Waals surface area contributed by atoms with E-state index in [4.69, 9.17) is 60.0 Å². The molecule has 0 saturated heterocycles. The summed E-state index contributed by atoms with van der Waals surface area (Å²) in [5.41, 5.74) is 16.2. The molecule has 97 heavy (non-hydrogen) atoms. The minimum absolute atomic E-state index is 0.244. The molecule has 9 rings (SSSR count). The molecular formula is C78H91Cl3N8O8. The van der Waals surface area contributed by atoms with Gasteiger partial charge in [0, 0.05) is 45.4 Å². The van der Waals surface area contributed by atoms with Crippen LogP contribution in [-0.4, -0.2) is 81.1 Å². The first-order valence-corrected chi connectivity index (χ1v) is 34.1. The summed E-state index contributed by atoms with van der Waals surface area (Å²) in [5, 5.41) is 13.3. The van der Waals surface area contributed by atoms with Gasteiger partial charge >= 0.3 is 17.9 Å². The number of oxime groups is 1. The monoisotopic (exact) mass is 1370 g/mol. The lowest BCUT2D eigenvalue weighted by Crippen LogP contribution is -2.24. The van der Waals surface area contributed by atoms with Crippen LogP contribution < -0.4 is 5.73 Å². The fraction of sp³-hybridized carbons (Fsp3) is 0.359. The molecule has 0 atom stereocenters. The Morgan fingerprint density at radius 2 is 0.763 bits per heavy atom. The van der Waals surface area contributed by atoms with Gasteiger partial charge in [0.15, 0.2) is 21.7 Å². The Labute approximate surface area is 586 Å². The van der Waals surface area contributed by atoms with Gasteiger partial charge in [-0.15, -0.1) is 0 Å². The van der Waals surface area contributed by atoms with Crippen LogP contribution in [0.1, 0.15) is 209 Å². The Bertz CT molecular complexity index is 4130. The number of nitrogens with zero attached hydrogens (tertiary/aromatic N) is 7. The van der Waals surface area contributed by atoms with Crippen molar-refractivity contribution >= 4 is 65.2 Å². The van der Waals surface area contributed by atoms with Gasteiger partial charge in [-0.1, -0.05) is 207 Å². The number of aldehydes is 1. The summed E-state index contributed by atoms with van der Waals surface area (Å²) in [6, 6.07) is 46.5. The third-order valence-corrected chi connectivity index (χ3v) is 16.2. The van der Waals surface area contributed by atoms with Crippen LogP contribution in [0.15, 0.2) is 151 Å². The lowest BCUT2D eigenvalue weighted by molar-refractivity contribution is 0.00578. The Balaban J connectivity index is 0.000000205. The molecule has 0 spiro atoms. The van der Waals surface area contributed by atoms with Crippen LogP contribution in [0.25, 0.3) is 33.4 Å². The molecule has 3 N–H and O–H groups in total. The van der Waals surface area contributed by atoms with Crippen molar-refractivity contribution in [1.82, 2.24) is 28.7 Å². The standard InChI is InChI=1S/C26H30ClN3O3.C26H32ClN3O2.C26H29ClN2O3/c1-5-6-11-23-29-24(27)22(16-28-32)30(23)17-18-12-14-19(15-13-18)20-9-7-8-10-21(20)25(31)33-26(2,3)4;1-5-6-11-23-29-24(27)22(16-28)30(23)17-18-12-14-19(15-13-18)20-9-7-8-10-21(20)25(31)32-26(2,3)4;1-5-6-11-23-28-24(27)22(17-30)29(23)16-18-12-14-19(15-13-18)20-9-7-8-10-21(20)25(31)32-26(2,3)4/h7-10,12-16,32H,5-6,11,17H2,1-4H3;7-10,12-15H,5-6,11,16-17,28H2,1-4H3;7-10,12-15,17H,5-6,11,16H2,1-4H3/b28-16-;;. The highest BCUT2D eigenvalue weighted by molar-refractivity contribution is 6.32. The summed E-state index contributed by atoms with van der Waals surface area (Å²) < 4.78 is 22.7. The van der Waals surface area contributed by atoms with Crippen LogP contribution in [0, 0.1) is 0 Å². The first-order valence-electron chi connectivity index (χ1n) is 33.0. The van der Waals surface area contributed by atoms with Gasteiger partial charge < -0.3 is 38.9 Å². The molecule has 16 nitrogen and oxygen atoms in total. The number of carbonyl (C=O) groups is 4. The molecule has 0 saturated carbocycles. The summed E-state index contributed by atoms with van der Waals surface area (Å²) in [6.07, 6.45) is 10.7. The minimum Gasteiger partial charge on any atom is -0.456 e. The summed E-state index contributed by atoms with van der Waals surface area (Å²) in [7, 11) is 0. The molecule has 0 bridgehead atoms. The third kappa shape index (κ3) is 21.4. The Hall–Kier alpha value is -8.67. The van der Waals surface area contributed by atoms with Gasteiger partial charge in [0.1, 0.15) is 45.7 Å². The first kappa shape index (κ1) is 75.7. The number of hydrogen-bond donors (Lipinski definition) is 2. The largest absolute Gasteiger partial charge is 0.456 e. The number of aromatic nitrogens is 6. The van der Waals surface area contributed by atoms with Crippen molar-refractivity contribution in [1.29, 1.82) is 0 Å². The van der Waals surface area contributed by atoms with Crippen molar-refractivity contribution < 1.29 is 38.6 Å². The van der Waals surface area contributed by atoms with Gasteiger partial charge in [-0.3, -0.25) is 4.79 Å². The highest BCUT2D eigenvalue weighted by Gasteiger charge is 2.25. The van der Waals surface area contributed by atoms with E-state index >= 15 is 0 Å². The van der Waals surface area contributed by atoms with Crippen molar-refractivity contribution in [2.24, 2.45) is 10.9 Å². The number of nitrogens with two attached hydrogens (primary N) is 1. The fourth-order valence-corrected chi connectivity index (χ4v) is 11.5. The minimum atomic E-state index is -0.564. The zero-order chi connectivity index (χ0) is 70.6. The van der Waals surface area contributed by atoms with E-state index in [1.807, 2.05) is 187 Å². The molecule has 0 amide bonds. The lowest BCUT2D eigenvalue weighted by Gasteiger charge is -2.20. The summed E-state index contributed by atoms with van der Waals surface area (Å²) in [6.45, 7) is 25.2. The molecule has 512 valence electrons. The van der Waals surface area contributed by atoms with Crippen LogP contribution in [0.4, 0.5) is 0 Å². The molecule has 6 aromatic carbocycles. The highest BCUT2D eigenvalue weighted by atomic mass is 35.5. The normalized spacial score (nSPS) is 11.6. The smallest absolute Gasteiger partial charge is 0.339 e. The van der Waals surface area contributed by atoms with Gasteiger partial charge in [0.2, 0.25) is 0 Å². The van der Waals surface area contributed by atoms with Crippen LogP contribution in [0.2, 0.25) is 15.5 Å². The van der Waals surface area contributed by atoms with E-state index in [9.17, 15) is 19.2 Å². The number of unbranched alkanes of at least 4 members (excludes halogenated alkanes) is 3. The van der Waals surface area contributed by atoms with E-state index < -0.39 is 16.8 Å². The predicted octanol–water partition coefficient (Wildman–Crippen LogP) is 18.7. The maximum atomic E-state index is 12.7. The third-order valence-electron chi connectivity index (χ3n) is 15.4. The number of rotatable bonds is 24. The fourth-order valence-electron chi connectivity index (χ4n) is 10.7. The van der Waals surface area contributed by atoms with E-state index in [-0.39, 0.29) is 23.1 Å². The van der Waals surface area contributed by atoms with Crippen molar-refractivity contribution in [3.8, 4) is 33.4 Å². The average Bonchev–Trinajstić information content (AvgIpc) is 1.73. The zero-order valence-electron chi connectivity index (χ0n) is 57.9. The molecule has 0 aliphatic heterocycles. The molecule has 3 heterocycles. The molecule has 0 fully saturated rings. The van der Waals surface area contributed by atoms with Crippen molar-refractivity contribution in [3.05, 3.63) is 229 Å².